The van der Waals surface area contributed by atoms with Gasteiger partial charge in [-0.05, 0) is 56.3 Å². The molecule has 2 aliphatic heterocycles. The topological polar surface area (TPSA) is 353 Å². The van der Waals surface area contributed by atoms with E-state index in [4.69, 9.17) is 32.9 Å². The molecule has 24 heteroatoms. The van der Waals surface area contributed by atoms with Crippen molar-refractivity contribution in [1.29, 1.82) is 0 Å². The minimum atomic E-state index is -5.60. The van der Waals surface area contributed by atoms with E-state index in [1.807, 2.05) is 0 Å². The first-order valence-corrected chi connectivity index (χ1v) is 49.6. The summed E-state index contributed by atoms with van der Waals surface area (Å²) in [5.74, 6) is -1.99. The van der Waals surface area contributed by atoms with E-state index in [9.17, 15) is 69.0 Å². The Kier molecular flexibility index (Phi) is 67.2. The second kappa shape index (κ2) is 71.4. The van der Waals surface area contributed by atoms with E-state index in [2.05, 4.69) is 66.0 Å². The number of carbonyl (C=O) groups excluding carboxylic acids is 5. The number of phosphoric acid groups is 1. The summed E-state index contributed by atoms with van der Waals surface area (Å²) in [6, 6.07) is -3.52. The van der Waals surface area contributed by atoms with E-state index in [-0.39, 0.29) is 32.1 Å². The van der Waals surface area contributed by atoms with Crippen LogP contribution in [-0.2, 0) is 61.5 Å². The monoisotopic (exact) mass is 1690 g/mol. The molecule has 0 radical (unpaired) electrons. The van der Waals surface area contributed by atoms with Crippen LogP contribution in [0, 0.1) is 17.8 Å². The molecule has 0 saturated carbocycles. The largest absolute Gasteiger partial charge is 0.472 e. The number of esters is 3. The first kappa shape index (κ1) is 110. The van der Waals surface area contributed by atoms with Gasteiger partial charge in [0.15, 0.2) is 24.8 Å². The van der Waals surface area contributed by atoms with Gasteiger partial charge in [-0.25, -0.2) is 4.57 Å². The lowest BCUT2D eigenvalue weighted by Crippen LogP contribution is -2.67. The third kappa shape index (κ3) is 59.6. The molecular weight excluding hydrogens is 1510 g/mol. The van der Waals surface area contributed by atoms with Gasteiger partial charge in [-0.2, -0.15) is 0 Å². The molecule has 14 atom stereocenters. The summed E-state index contributed by atoms with van der Waals surface area (Å²) < 4.78 is 54.9. The molecule has 0 aromatic carbocycles. The van der Waals surface area contributed by atoms with Gasteiger partial charge in [-0.15, -0.1) is 0 Å². The summed E-state index contributed by atoms with van der Waals surface area (Å²) in [6.07, 6.45) is 35.9. The van der Waals surface area contributed by atoms with Crippen molar-refractivity contribution in [2.75, 3.05) is 13.2 Å². The van der Waals surface area contributed by atoms with Crippen molar-refractivity contribution in [3.05, 3.63) is 0 Å². The van der Waals surface area contributed by atoms with Crippen LogP contribution in [-0.4, -0.2) is 169 Å². The Labute approximate surface area is 710 Å². The Bertz CT molecular complexity index is 2460. The number of amides is 2. The smallest absolute Gasteiger partial charge is 0.462 e. The maximum absolute atomic E-state index is 14.8. The molecule has 2 rings (SSSR count). The maximum atomic E-state index is 14.8. The van der Waals surface area contributed by atoms with Gasteiger partial charge in [-0.1, -0.05) is 376 Å². The molecule has 2 aliphatic rings. The number of carbonyl (C=O) groups is 5. The van der Waals surface area contributed by atoms with Crippen LogP contribution in [0.5, 0.6) is 0 Å². The van der Waals surface area contributed by atoms with Crippen molar-refractivity contribution in [2.45, 2.75) is 533 Å². The molecule has 0 aliphatic carbocycles. The second-order valence-electron chi connectivity index (χ2n) is 36.2. The molecule has 2 fully saturated rings. The Morgan fingerprint density at radius 1 is 0.368 bits per heavy atom. The third-order valence-corrected chi connectivity index (χ3v) is 23.9. The molecule has 10 N–H and O–H groups in total. The molecular formula is C93H177N2O21P. The first-order chi connectivity index (χ1) is 56.3. The number of aliphatic hydroxyl groups excluding tert-OH is 6. The van der Waals surface area contributed by atoms with Gasteiger partial charge in [0.05, 0.1) is 57.2 Å². The number of hydrogen-bond acceptors (Lipinski definition) is 19. The molecule has 690 valence electrons. The molecule has 0 aromatic heterocycles. The molecule has 2 heterocycles. The van der Waals surface area contributed by atoms with Crippen LogP contribution in [0.2, 0.25) is 0 Å². The van der Waals surface area contributed by atoms with E-state index in [1.165, 1.54) is 148 Å². The fourth-order valence-electron chi connectivity index (χ4n) is 16.2. The molecule has 0 aromatic rings. The number of aliphatic hydroxyl groups is 6. The Hall–Kier alpha value is -2.90. The van der Waals surface area contributed by atoms with Gasteiger partial charge in [0.2, 0.25) is 11.8 Å². The standard InChI is InChI=1S/C93H177N2O21P/c1-9-11-13-15-17-19-21-22-24-32-41-49-57-65-83(102)111-78(64-56-48-40-31-26-28-35-43-51-59-73(5)6)69-82(101)95-86-90(114-84(103)67-76(98)63-55-47-39-33-36-44-52-60-74(7)8)88(105)79(70-96)112-92(86)110-71-80-89(106)91(115-85(104)68-77(99)62-54-46-38-29-23-20-18-16-14-12-10-2)87(93(113-80)116-117(107,108)109)94-81(100)66-75(97)61-53-45-37-30-25-27-34-42-50-58-72(3)4/h72-80,86-93,96-99,105-106H,9-71H2,1-8H3,(H,94,100)(H,95,101)(H2,107,108,109)/t75?,76?,77?,78?,79?,80?,86-,87?,88+,89+,90?,91+,92+,93+/m0/s1. The molecule has 0 bridgehead atoms. The van der Waals surface area contributed by atoms with Crippen molar-refractivity contribution in [1.82, 2.24) is 10.6 Å². The SMILES string of the molecule is CCCCCCCCCCCCCCCC(=O)OC(CCCCCCCCCCCC(C)C)CC(=O)N[C@H]1C(OC(=O)CC(O)CCCCCCCCCC(C)C)[C@H](O)C(CO)O[C@H]1OCC1O[C@H](OP(=O)(O)O)C(NC(=O)CC(O)CCCCCCCCCCCC(C)C)[C@@H](OC(=O)CC(O)CCCCCCCCCCCCC)[C@@H]1O. The van der Waals surface area contributed by atoms with E-state index in [0.717, 1.165) is 154 Å². The zero-order chi connectivity index (χ0) is 86.1. The minimum Gasteiger partial charge on any atom is -0.462 e. The Morgan fingerprint density at radius 3 is 1.00 bits per heavy atom. The summed E-state index contributed by atoms with van der Waals surface area (Å²) in [5.41, 5.74) is 0. The normalized spacial score (nSPS) is 20.9. The molecule has 2 amide bonds. The summed E-state index contributed by atoms with van der Waals surface area (Å²) in [7, 11) is -5.60. The van der Waals surface area contributed by atoms with Crippen LogP contribution < -0.4 is 10.6 Å². The number of ether oxygens (including phenoxy) is 6. The molecule has 117 heavy (non-hydrogen) atoms. The van der Waals surface area contributed by atoms with E-state index in [1.54, 1.807) is 0 Å². The molecule has 23 nitrogen and oxygen atoms in total. The van der Waals surface area contributed by atoms with Crippen LogP contribution in [0.25, 0.3) is 0 Å². The molecule has 8 unspecified atom stereocenters. The summed E-state index contributed by atoms with van der Waals surface area (Å²) >= 11 is 0. The lowest BCUT2D eigenvalue weighted by Gasteiger charge is -2.46. The number of phosphoric ester groups is 1. The lowest BCUT2D eigenvalue weighted by molar-refractivity contribution is -0.298. The van der Waals surface area contributed by atoms with Gasteiger partial charge in [0.1, 0.15) is 42.6 Å². The average Bonchev–Trinajstić information content (AvgIpc) is 0.783. The van der Waals surface area contributed by atoms with Crippen molar-refractivity contribution in [2.24, 2.45) is 17.8 Å². The van der Waals surface area contributed by atoms with E-state index < -0.39 is 156 Å². The van der Waals surface area contributed by atoms with E-state index in [0.29, 0.717) is 56.3 Å². The quantitative estimate of drug-likeness (QED) is 0.0117. The van der Waals surface area contributed by atoms with Crippen molar-refractivity contribution >= 4 is 37.5 Å². The zero-order valence-corrected chi connectivity index (χ0v) is 76.1. The number of hydrogen-bond donors (Lipinski definition) is 10. The molecule has 2 saturated heterocycles. The highest BCUT2D eigenvalue weighted by Gasteiger charge is 2.53. The van der Waals surface area contributed by atoms with Crippen LogP contribution in [0.4, 0.5) is 0 Å². The summed E-state index contributed by atoms with van der Waals surface area (Å²) in [6.45, 7) is 16.1. The van der Waals surface area contributed by atoms with Crippen LogP contribution >= 0.6 is 7.82 Å². The van der Waals surface area contributed by atoms with Gasteiger partial charge in [0.25, 0.3) is 0 Å². The fourth-order valence-corrected chi connectivity index (χ4v) is 16.6. The Balaban J connectivity index is 2.55. The number of unbranched alkanes of at least 4 members (excludes halogenated alkanes) is 44. The predicted molar refractivity (Wildman–Crippen MR) is 465 cm³/mol. The van der Waals surface area contributed by atoms with Gasteiger partial charge in [0, 0.05) is 6.42 Å². The summed E-state index contributed by atoms with van der Waals surface area (Å²) in [4.78, 5) is 91.7. The highest BCUT2D eigenvalue weighted by Crippen LogP contribution is 2.42. The average molecular weight is 1690 g/mol. The highest BCUT2D eigenvalue weighted by atomic mass is 31.2. The number of nitrogens with one attached hydrogen (secondary N) is 2. The zero-order valence-electron chi connectivity index (χ0n) is 75.2. The highest BCUT2D eigenvalue weighted by molar-refractivity contribution is 7.46. The van der Waals surface area contributed by atoms with Crippen molar-refractivity contribution in [3.8, 4) is 0 Å². The van der Waals surface area contributed by atoms with Gasteiger partial charge < -0.3 is 79.5 Å². The second-order valence-corrected chi connectivity index (χ2v) is 37.4. The minimum absolute atomic E-state index is 0.155. The Morgan fingerprint density at radius 2 is 0.658 bits per heavy atom. The van der Waals surface area contributed by atoms with Crippen LogP contribution in [0.15, 0.2) is 0 Å². The van der Waals surface area contributed by atoms with Crippen molar-refractivity contribution in [3.63, 3.8) is 0 Å². The van der Waals surface area contributed by atoms with Crippen molar-refractivity contribution < 1.29 is 102 Å². The third-order valence-electron chi connectivity index (χ3n) is 23.4. The first-order valence-electron chi connectivity index (χ1n) is 48.1. The maximum Gasteiger partial charge on any atom is 0.472 e. The van der Waals surface area contributed by atoms with E-state index >= 15 is 0 Å². The van der Waals surface area contributed by atoms with Gasteiger partial charge in [-0.3, -0.25) is 28.5 Å². The predicted octanol–water partition coefficient (Wildman–Crippen LogP) is 19.9. The van der Waals surface area contributed by atoms with Gasteiger partial charge >= 0.3 is 25.7 Å². The lowest BCUT2D eigenvalue weighted by atomic mass is 9.95. The van der Waals surface area contributed by atoms with Crippen LogP contribution in [0.1, 0.15) is 447 Å². The summed E-state index contributed by atoms with van der Waals surface area (Å²) in [5, 5.41) is 74.3. The fraction of sp³-hybridized carbons (Fsp3) is 0.946. The number of rotatable bonds is 79. The molecule has 0 spiro atoms. The van der Waals surface area contributed by atoms with Crippen LogP contribution in [0.3, 0.4) is 0 Å².